The lowest BCUT2D eigenvalue weighted by Gasteiger charge is -2.30. The molecule has 112 valence electrons. The Bertz CT molecular complexity index is 414. The number of carbonyl (C=O) groups excluding carboxylic acids is 1. The number of pyridine rings is 1. The molecule has 1 N–H and O–H groups in total. The van der Waals surface area contributed by atoms with Gasteiger partial charge in [-0.15, -0.1) is 11.8 Å². The van der Waals surface area contributed by atoms with Gasteiger partial charge in [0.25, 0.3) is 0 Å². The van der Waals surface area contributed by atoms with Crippen LogP contribution < -0.4 is 5.32 Å². The number of nitrogens with one attached hydrogen (secondary N) is 1. The van der Waals surface area contributed by atoms with Gasteiger partial charge in [0, 0.05) is 11.4 Å². The fraction of sp³-hybridized carbons (Fsp3) is 0.600. The van der Waals surface area contributed by atoms with Crippen LogP contribution in [0.25, 0.3) is 0 Å². The third-order valence-corrected chi connectivity index (χ3v) is 4.00. The number of rotatable bonds is 8. The van der Waals surface area contributed by atoms with E-state index in [2.05, 4.69) is 17.2 Å². The predicted molar refractivity (Wildman–Crippen MR) is 82.9 cm³/mol. The molecular weight excluding hydrogens is 272 g/mol. The molecule has 0 saturated carbocycles. The van der Waals surface area contributed by atoms with Gasteiger partial charge in [-0.05, 0) is 38.9 Å². The summed E-state index contributed by atoms with van der Waals surface area (Å²) in [5, 5.41) is 4.49. The van der Waals surface area contributed by atoms with Crippen LogP contribution in [0.1, 0.15) is 34.1 Å². The number of nitrogens with zero attached hydrogens (tertiary/aromatic N) is 1. The summed E-state index contributed by atoms with van der Waals surface area (Å²) in [6.07, 6.45) is 2.48. The lowest BCUT2D eigenvalue weighted by atomic mass is 9.96. The van der Waals surface area contributed by atoms with E-state index >= 15 is 0 Å². The van der Waals surface area contributed by atoms with Crippen LogP contribution in [-0.4, -0.2) is 34.9 Å². The zero-order chi connectivity index (χ0) is 15.0. The molecule has 1 rings (SSSR count). The molecule has 0 radical (unpaired) electrons. The first-order valence-electron chi connectivity index (χ1n) is 7.01. The van der Waals surface area contributed by atoms with Gasteiger partial charge in [0.1, 0.15) is 5.54 Å². The van der Waals surface area contributed by atoms with E-state index in [-0.39, 0.29) is 11.2 Å². The summed E-state index contributed by atoms with van der Waals surface area (Å²) in [5.41, 5.74) is -0.647. The maximum absolute atomic E-state index is 12.1. The van der Waals surface area contributed by atoms with Gasteiger partial charge >= 0.3 is 5.97 Å². The summed E-state index contributed by atoms with van der Waals surface area (Å²) in [4.78, 5) is 16.4. The Morgan fingerprint density at radius 1 is 1.50 bits per heavy atom. The lowest BCUT2D eigenvalue weighted by molar-refractivity contribution is -0.150. The molecule has 0 aliphatic heterocycles. The average Bonchev–Trinajstić information content (AvgIpc) is 2.40. The summed E-state index contributed by atoms with van der Waals surface area (Å²) in [7, 11) is 0. The van der Waals surface area contributed by atoms with Crippen LogP contribution in [-0.2, 0) is 9.53 Å². The Morgan fingerprint density at radius 2 is 2.25 bits per heavy atom. The van der Waals surface area contributed by atoms with Gasteiger partial charge in [-0.25, -0.2) is 4.98 Å². The number of hydrogen-bond acceptors (Lipinski definition) is 5. The minimum Gasteiger partial charge on any atom is -0.465 e. The number of ether oxygens (including phenoxy) is 1. The van der Waals surface area contributed by atoms with Gasteiger partial charge in [-0.3, -0.25) is 4.79 Å². The molecule has 1 aromatic rings. The van der Waals surface area contributed by atoms with Gasteiger partial charge in [0.2, 0.25) is 0 Å². The number of carbonyl (C=O) groups is 1. The number of likely N-dealkylation sites (N-methyl/N-ethyl adjacent to an activating group) is 1. The standard InChI is InChI=1S/C15H24N2O2S/c1-5-17-15(4,14(18)19-6-2)11-12(3)20-13-9-7-8-10-16-13/h7-10,12,17H,5-6,11H2,1-4H3. The van der Waals surface area contributed by atoms with Gasteiger partial charge in [0.15, 0.2) is 0 Å². The Labute approximate surface area is 125 Å². The van der Waals surface area contributed by atoms with Gasteiger partial charge in [-0.2, -0.15) is 0 Å². The Morgan fingerprint density at radius 3 is 2.80 bits per heavy atom. The maximum atomic E-state index is 12.1. The first kappa shape index (κ1) is 17.0. The van der Waals surface area contributed by atoms with Crippen LogP contribution in [0, 0.1) is 0 Å². The fourth-order valence-corrected chi connectivity index (χ4v) is 3.26. The predicted octanol–water partition coefficient (Wildman–Crippen LogP) is 2.88. The molecule has 0 saturated heterocycles. The second-order valence-corrected chi connectivity index (χ2v) is 6.34. The number of esters is 1. The highest BCUT2D eigenvalue weighted by atomic mass is 32.2. The van der Waals surface area contributed by atoms with E-state index in [0.717, 1.165) is 11.6 Å². The normalized spacial score (nSPS) is 15.4. The molecule has 1 aromatic heterocycles. The minimum atomic E-state index is -0.647. The van der Waals surface area contributed by atoms with Crippen LogP contribution in [0.2, 0.25) is 0 Å². The van der Waals surface area contributed by atoms with Crippen LogP contribution >= 0.6 is 11.8 Å². The van der Waals surface area contributed by atoms with Crippen molar-refractivity contribution in [1.82, 2.24) is 10.3 Å². The second-order valence-electron chi connectivity index (χ2n) is 4.88. The SMILES string of the molecule is CCNC(C)(CC(C)Sc1ccccn1)C(=O)OCC. The van der Waals surface area contributed by atoms with Crippen molar-refractivity contribution in [2.75, 3.05) is 13.2 Å². The van der Waals surface area contributed by atoms with Crippen molar-refractivity contribution in [1.29, 1.82) is 0 Å². The second kappa shape index (κ2) is 8.27. The van der Waals surface area contributed by atoms with Gasteiger partial charge < -0.3 is 10.1 Å². The molecule has 0 aromatic carbocycles. The van der Waals surface area contributed by atoms with Crippen molar-refractivity contribution in [3.63, 3.8) is 0 Å². The maximum Gasteiger partial charge on any atom is 0.326 e. The fourth-order valence-electron chi connectivity index (χ4n) is 2.15. The summed E-state index contributed by atoms with van der Waals surface area (Å²) >= 11 is 1.67. The monoisotopic (exact) mass is 296 g/mol. The molecule has 4 nitrogen and oxygen atoms in total. The third-order valence-electron chi connectivity index (χ3n) is 2.95. The van der Waals surface area contributed by atoms with Crippen LogP contribution in [0.5, 0.6) is 0 Å². The van der Waals surface area contributed by atoms with E-state index in [1.807, 2.05) is 39.0 Å². The molecule has 0 aliphatic carbocycles. The third kappa shape index (κ3) is 5.13. The largest absolute Gasteiger partial charge is 0.465 e. The highest BCUT2D eigenvalue weighted by molar-refractivity contribution is 7.99. The van der Waals surface area contributed by atoms with Crippen LogP contribution in [0.15, 0.2) is 29.4 Å². The highest BCUT2D eigenvalue weighted by Gasteiger charge is 2.35. The molecule has 0 amide bonds. The molecule has 2 unspecified atom stereocenters. The summed E-state index contributed by atoms with van der Waals surface area (Å²) < 4.78 is 5.18. The molecule has 0 aliphatic rings. The molecule has 2 atom stereocenters. The molecule has 5 heteroatoms. The topological polar surface area (TPSA) is 51.2 Å². The Balaban J connectivity index is 2.67. The van der Waals surface area contributed by atoms with Crippen molar-refractivity contribution in [2.45, 2.75) is 49.9 Å². The quantitative estimate of drug-likeness (QED) is 0.590. The molecule has 1 heterocycles. The molecule has 0 bridgehead atoms. The van der Waals surface area contributed by atoms with E-state index in [4.69, 9.17) is 4.74 Å². The van der Waals surface area contributed by atoms with Crippen molar-refractivity contribution in [3.8, 4) is 0 Å². The summed E-state index contributed by atoms with van der Waals surface area (Å²) in [5.74, 6) is -0.185. The number of hydrogen-bond donors (Lipinski definition) is 1. The number of aromatic nitrogens is 1. The van der Waals surface area contributed by atoms with E-state index in [1.165, 1.54) is 0 Å². The number of thioether (sulfide) groups is 1. The zero-order valence-corrected chi connectivity index (χ0v) is 13.5. The van der Waals surface area contributed by atoms with Crippen molar-refractivity contribution in [3.05, 3.63) is 24.4 Å². The first-order chi connectivity index (χ1) is 9.51. The van der Waals surface area contributed by atoms with Crippen molar-refractivity contribution >= 4 is 17.7 Å². The van der Waals surface area contributed by atoms with E-state index in [9.17, 15) is 4.79 Å². The lowest BCUT2D eigenvalue weighted by Crippen LogP contribution is -2.51. The van der Waals surface area contributed by atoms with Gasteiger partial charge in [-0.1, -0.05) is 19.9 Å². The smallest absolute Gasteiger partial charge is 0.326 e. The molecule has 20 heavy (non-hydrogen) atoms. The van der Waals surface area contributed by atoms with Crippen LogP contribution in [0.4, 0.5) is 0 Å². The van der Waals surface area contributed by atoms with E-state index in [0.29, 0.717) is 13.0 Å². The highest BCUT2D eigenvalue weighted by Crippen LogP contribution is 2.27. The average molecular weight is 296 g/mol. The van der Waals surface area contributed by atoms with Gasteiger partial charge in [0.05, 0.1) is 11.6 Å². The van der Waals surface area contributed by atoms with Crippen LogP contribution in [0.3, 0.4) is 0 Å². The Hall–Kier alpha value is -1.07. The molecule has 0 fully saturated rings. The summed E-state index contributed by atoms with van der Waals surface area (Å²) in [6, 6.07) is 5.85. The first-order valence-corrected chi connectivity index (χ1v) is 7.89. The van der Waals surface area contributed by atoms with Crippen molar-refractivity contribution < 1.29 is 9.53 Å². The molecule has 0 spiro atoms. The minimum absolute atomic E-state index is 0.185. The Kier molecular flexibility index (Phi) is 7.02. The summed E-state index contributed by atoms with van der Waals surface area (Å²) in [6.45, 7) is 8.97. The zero-order valence-electron chi connectivity index (χ0n) is 12.7. The van der Waals surface area contributed by atoms with E-state index < -0.39 is 5.54 Å². The molecular formula is C15H24N2O2S. The van der Waals surface area contributed by atoms with E-state index in [1.54, 1.807) is 18.0 Å². The van der Waals surface area contributed by atoms with Crippen molar-refractivity contribution in [2.24, 2.45) is 0 Å².